The minimum atomic E-state index is -0.129. The first-order chi connectivity index (χ1) is 12.9. The van der Waals surface area contributed by atoms with E-state index in [1.54, 1.807) is 6.07 Å². The molecule has 0 fully saturated rings. The number of carbonyl (C=O) groups excluding carboxylic acids is 2. The summed E-state index contributed by atoms with van der Waals surface area (Å²) in [6.45, 7) is 2.42. The third kappa shape index (κ3) is 4.90. The van der Waals surface area contributed by atoms with Crippen LogP contribution in [0.1, 0.15) is 22.8 Å². The molecule has 1 aliphatic heterocycles. The Hall–Kier alpha value is -2.31. The van der Waals surface area contributed by atoms with Crippen LogP contribution < -0.4 is 10.6 Å². The van der Waals surface area contributed by atoms with Gasteiger partial charge in [-0.05, 0) is 51.2 Å². The van der Waals surface area contributed by atoms with Gasteiger partial charge in [0.1, 0.15) is 0 Å². The van der Waals surface area contributed by atoms with Crippen molar-refractivity contribution in [2.75, 3.05) is 26.0 Å². The minimum absolute atomic E-state index is 0.0272. The van der Waals surface area contributed by atoms with Crippen LogP contribution in [0.15, 0.2) is 53.4 Å². The molecular formula is C21H25N3O2S. The third-order valence-electron chi connectivity index (χ3n) is 4.72. The van der Waals surface area contributed by atoms with E-state index in [9.17, 15) is 9.59 Å². The number of hydrogen-bond donors (Lipinski definition) is 2. The van der Waals surface area contributed by atoms with Crippen molar-refractivity contribution in [1.29, 1.82) is 0 Å². The van der Waals surface area contributed by atoms with Gasteiger partial charge in [0.05, 0.1) is 10.9 Å². The van der Waals surface area contributed by atoms with Gasteiger partial charge in [-0.3, -0.25) is 9.59 Å². The molecule has 2 N–H and O–H groups in total. The Kier molecular flexibility index (Phi) is 6.19. The molecule has 6 heteroatoms. The summed E-state index contributed by atoms with van der Waals surface area (Å²) in [5.74, 6) is -0.156. The predicted octanol–water partition coefficient (Wildman–Crippen LogP) is 3.02. The standard InChI is InChI=1S/C21H25N3O2S/c1-14-20(25)23-18-12-16(9-10-19(18)27-14)21(26)22-13-17(24(2)3)11-15-7-5-4-6-8-15/h4-10,12,14,17H,11,13H2,1-3H3,(H,22,26)(H,23,25)/t14-,17-/m1/s1. The molecule has 0 bridgehead atoms. The first-order valence-corrected chi connectivity index (χ1v) is 9.92. The highest BCUT2D eigenvalue weighted by molar-refractivity contribution is 8.00. The largest absolute Gasteiger partial charge is 0.350 e. The van der Waals surface area contributed by atoms with Crippen molar-refractivity contribution in [3.63, 3.8) is 0 Å². The van der Waals surface area contributed by atoms with Gasteiger partial charge in [-0.25, -0.2) is 0 Å². The molecule has 1 aliphatic rings. The number of thioether (sulfide) groups is 1. The highest BCUT2D eigenvalue weighted by Gasteiger charge is 2.24. The predicted molar refractivity (Wildman–Crippen MR) is 110 cm³/mol. The fourth-order valence-electron chi connectivity index (χ4n) is 2.99. The van der Waals surface area contributed by atoms with Crippen LogP contribution in [0.3, 0.4) is 0 Å². The Morgan fingerprint density at radius 2 is 1.96 bits per heavy atom. The zero-order valence-corrected chi connectivity index (χ0v) is 16.7. The van der Waals surface area contributed by atoms with Gasteiger partial charge in [-0.15, -0.1) is 11.8 Å². The highest BCUT2D eigenvalue weighted by Crippen LogP contribution is 2.35. The molecule has 0 radical (unpaired) electrons. The monoisotopic (exact) mass is 383 g/mol. The molecular weight excluding hydrogens is 358 g/mol. The normalized spacial score (nSPS) is 17.2. The van der Waals surface area contributed by atoms with Crippen LogP contribution in [0.4, 0.5) is 5.69 Å². The second-order valence-electron chi connectivity index (χ2n) is 6.98. The molecule has 0 saturated carbocycles. The molecule has 2 atom stereocenters. The van der Waals surface area contributed by atoms with E-state index >= 15 is 0 Å². The lowest BCUT2D eigenvalue weighted by atomic mass is 10.0. The van der Waals surface area contributed by atoms with Crippen LogP contribution in [-0.4, -0.2) is 48.6 Å². The van der Waals surface area contributed by atoms with Crippen LogP contribution >= 0.6 is 11.8 Å². The smallest absolute Gasteiger partial charge is 0.251 e. The fourth-order valence-corrected chi connectivity index (χ4v) is 3.92. The average molecular weight is 384 g/mol. The van der Waals surface area contributed by atoms with Crippen LogP contribution in [0, 0.1) is 0 Å². The summed E-state index contributed by atoms with van der Waals surface area (Å²) >= 11 is 1.51. The number of fused-ring (bicyclic) bond motifs is 1. The lowest BCUT2D eigenvalue weighted by molar-refractivity contribution is -0.115. The molecule has 3 rings (SSSR count). The Balaban J connectivity index is 1.64. The SMILES string of the molecule is C[C@H]1Sc2ccc(C(=O)NC[C@@H](Cc3ccccc3)N(C)C)cc2NC1=O. The lowest BCUT2D eigenvalue weighted by Crippen LogP contribution is -2.41. The summed E-state index contributed by atoms with van der Waals surface area (Å²) in [6.07, 6.45) is 0.864. The summed E-state index contributed by atoms with van der Waals surface area (Å²) in [4.78, 5) is 27.6. The molecule has 0 aliphatic carbocycles. The van der Waals surface area contributed by atoms with Gasteiger partial charge >= 0.3 is 0 Å². The molecule has 2 amide bonds. The number of carbonyl (C=O) groups is 2. The lowest BCUT2D eigenvalue weighted by Gasteiger charge is -2.25. The molecule has 27 heavy (non-hydrogen) atoms. The number of likely N-dealkylation sites (N-methyl/N-ethyl adjacent to an activating group) is 1. The molecule has 0 unspecified atom stereocenters. The van der Waals surface area contributed by atoms with Crippen LogP contribution in [0.25, 0.3) is 0 Å². The second-order valence-corrected chi connectivity index (χ2v) is 8.36. The topological polar surface area (TPSA) is 61.4 Å². The van der Waals surface area contributed by atoms with Crippen LogP contribution in [-0.2, 0) is 11.2 Å². The van der Waals surface area contributed by atoms with Crippen molar-refractivity contribution < 1.29 is 9.59 Å². The molecule has 142 valence electrons. The van der Waals surface area contributed by atoms with E-state index in [2.05, 4.69) is 27.7 Å². The van der Waals surface area contributed by atoms with E-state index in [4.69, 9.17) is 0 Å². The maximum atomic E-state index is 12.6. The minimum Gasteiger partial charge on any atom is -0.350 e. The van der Waals surface area contributed by atoms with E-state index in [0.29, 0.717) is 17.8 Å². The van der Waals surface area contributed by atoms with Gasteiger partial charge in [0, 0.05) is 23.0 Å². The Morgan fingerprint density at radius 3 is 2.67 bits per heavy atom. The zero-order valence-electron chi connectivity index (χ0n) is 15.9. The van der Waals surface area contributed by atoms with E-state index in [0.717, 1.165) is 11.3 Å². The number of benzene rings is 2. The van der Waals surface area contributed by atoms with Crippen molar-refractivity contribution in [2.45, 2.75) is 29.5 Å². The van der Waals surface area contributed by atoms with Crippen molar-refractivity contribution in [1.82, 2.24) is 10.2 Å². The summed E-state index contributed by atoms with van der Waals surface area (Å²) in [5, 5.41) is 5.79. The molecule has 2 aromatic carbocycles. The fraction of sp³-hybridized carbons (Fsp3) is 0.333. The summed E-state index contributed by atoms with van der Waals surface area (Å²) in [6, 6.07) is 15.9. The number of rotatable bonds is 6. The average Bonchev–Trinajstić information content (AvgIpc) is 2.66. The number of hydrogen-bond acceptors (Lipinski definition) is 4. The van der Waals surface area contributed by atoms with Crippen molar-refractivity contribution in [3.8, 4) is 0 Å². The molecule has 5 nitrogen and oxygen atoms in total. The first kappa shape index (κ1) is 19.5. The molecule has 2 aromatic rings. The van der Waals surface area contributed by atoms with Crippen molar-refractivity contribution >= 4 is 29.3 Å². The van der Waals surface area contributed by atoms with Crippen LogP contribution in [0.5, 0.6) is 0 Å². The summed E-state index contributed by atoms with van der Waals surface area (Å²) < 4.78 is 0. The Labute approximate surface area is 164 Å². The number of anilines is 1. The summed E-state index contributed by atoms with van der Waals surface area (Å²) in [5.41, 5.74) is 2.51. The van der Waals surface area contributed by atoms with Gasteiger partial charge in [-0.2, -0.15) is 0 Å². The van der Waals surface area contributed by atoms with Crippen molar-refractivity contribution in [2.24, 2.45) is 0 Å². The highest BCUT2D eigenvalue weighted by atomic mass is 32.2. The zero-order chi connectivity index (χ0) is 19.4. The molecule has 1 heterocycles. The maximum absolute atomic E-state index is 12.6. The third-order valence-corrected chi connectivity index (χ3v) is 5.89. The van der Waals surface area contributed by atoms with Crippen LogP contribution in [0.2, 0.25) is 0 Å². The van der Waals surface area contributed by atoms with Gasteiger partial charge in [0.2, 0.25) is 5.91 Å². The van der Waals surface area contributed by atoms with Gasteiger partial charge in [-0.1, -0.05) is 30.3 Å². The van der Waals surface area contributed by atoms with E-state index in [1.807, 2.05) is 51.4 Å². The van der Waals surface area contributed by atoms with E-state index in [-0.39, 0.29) is 23.1 Å². The molecule has 0 aromatic heterocycles. The molecule has 0 saturated heterocycles. The number of nitrogens with zero attached hydrogens (tertiary/aromatic N) is 1. The van der Waals surface area contributed by atoms with Crippen molar-refractivity contribution in [3.05, 3.63) is 59.7 Å². The van der Waals surface area contributed by atoms with Gasteiger partial charge < -0.3 is 15.5 Å². The second kappa shape index (κ2) is 8.59. The first-order valence-electron chi connectivity index (χ1n) is 9.04. The van der Waals surface area contributed by atoms with E-state index < -0.39 is 0 Å². The number of nitrogens with one attached hydrogen (secondary N) is 2. The Bertz CT molecular complexity index is 823. The maximum Gasteiger partial charge on any atom is 0.251 e. The van der Waals surface area contributed by atoms with E-state index in [1.165, 1.54) is 17.3 Å². The quantitative estimate of drug-likeness (QED) is 0.805. The number of amides is 2. The Morgan fingerprint density at radius 1 is 1.22 bits per heavy atom. The van der Waals surface area contributed by atoms with Gasteiger partial charge in [0.15, 0.2) is 0 Å². The molecule has 0 spiro atoms. The summed E-state index contributed by atoms with van der Waals surface area (Å²) in [7, 11) is 4.04. The van der Waals surface area contributed by atoms with Gasteiger partial charge in [0.25, 0.3) is 5.91 Å².